The predicted molar refractivity (Wildman–Crippen MR) is 117 cm³/mol. The molecule has 0 fully saturated rings. The van der Waals surface area contributed by atoms with Gasteiger partial charge < -0.3 is 66.4 Å². The molecule has 170 valence electrons. The van der Waals surface area contributed by atoms with Crippen molar-refractivity contribution in [1.82, 2.24) is 0 Å². The zero-order valence-corrected chi connectivity index (χ0v) is 23.6. The van der Waals surface area contributed by atoms with E-state index in [0.717, 1.165) is 59.6 Å². The molecule has 0 radical (unpaired) electrons. The maximum atomic E-state index is 5.84. The highest BCUT2D eigenvalue weighted by molar-refractivity contribution is 5.30. The lowest BCUT2D eigenvalue weighted by Crippen LogP contribution is -3.00. The molecule has 2 rings (SSSR count). The second-order valence-electron chi connectivity index (χ2n) is 9.51. The van der Waals surface area contributed by atoms with E-state index in [9.17, 15) is 0 Å². The Hall–Kier alpha value is -0.580. The minimum absolute atomic E-state index is 0. The van der Waals surface area contributed by atoms with E-state index >= 15 is 0 Å². The van der Waals surface area contributed by atoms with Gasteiger partial charge in [-0.2, -0.15) is 0 Å². The summed E-state index contributed by atoms with van der Waals surface area (Å²) in [5.74, 6) is 1.90. The van der Waals surface area contributed by atoms with Gasteiger partial charge in [-0.3, -0.25) is 0 Å². The molecule has 0 saturated carbocycles. The van der Waals surface area contributed by atoms with Crippen molar-refractivity contribution in [3.63, 3.8) is 0 Å². The fourth-order valence-electron chi connectivity index (χ4n) is 2.67. The van der Waals surface area contributed by atoms with Gasteiger partial charge in [-0.25, -0.2) is 0 Å². The highest BCUT2D eigenvalue weighted by Gasteiger charge is 2.07. The third-order valence-corrected chi connectivity index (χ3v) is 4.61. The molecule has 0 bridgehead atoms. The molecule has 0 spiro atoms. The number of nitrogens with zero attached hydrogens (tertiary/aromatic N) is 2. The summed E-state index contributed by atoms with van der Waals surface area (Å²) in [5, 5.41) is 0. The third-order valence-electron chi connectivity index (χ3n) is 4.61. The van der Waals surface area contributed by atoms with E-state index < -0.39 is 0 Å². The number of hydrogen-bond acceptors (Lipinski definition) is 2. The number of likely N-dealkylation sites (N-methyl/N-ethyl adjacent to an activating group) is 2. The van der Waals surface area contributed by atoms with Crippen LogP contribution in [0.25, 0.3) is 0 Å². The Morgan fingerprint density at radius 1 is 0.533 bits per heavy atom. The molecule has 0 aliphatic rings. The first kappa shape index (κ1) is 29.4. The number of benzene rings is 2. The molecule has 6 heteroatoms. The number of ether oxygens (including phenoxy) is 2. The summed E-state index contributed by atoms with van der Waals surface area (Å²) in [4.78, 5) is 0. The molecular formula is C24H38I2N2O2. The lowest BCUT2D eigenvalue weighted by molar-refractivity contribution is -0.870. The highest BCUT2D eigenvalue weighted by atomic mass is 127. The van der Waals surface area contributed by atoms with Gasteiger partial charge in [0.05, 0.1) is 42.3 Å². The van der Waals surface area contributed by atoms with E-state index in [1.807, 2.05) is 0 Å². The van der Waals surface area contributed by atoms with E-state index in [-0.39, 0.29) is 48.0 Å². The van der Waals surface area contributed by atoms with Crippen molar-refractivity contribution < 1.29 is 66.4 Å². The first-order valence-corrected chi connectivity index (χ1v) is 10.2. The molecule has 0 aliphatic heterocycles. The molecular weight excluding hydrogens is 602 g/mol. The Morgan fingerprint density at radius 2 is 0.833 bits per heavy atom. The first-order valence-electron chi connectivity index (χ1n) is 10.2. The van der Waals surface area contributed by atoms with Gasteiger partial charge in [0.1, 0.15) is 37.8 Å². The van der Waals surface area contributed by atoms with Crippen LogP contribution in [0.4, 0.5) is 0 Å². The molecule has 2 aromatic rings. The smallest absolute Gasteiger partial charge is 0.137 e. The Balaban J connectivity index is 0.00000420. The summed E-state index contributed by atoms with van der Waals surface area (Å²) in [5.41, 5.74) is 2.67. The summed E-state index contributed by atoms with van der Waals surface area (Å²) in [6.45, 7) is 3.48. The molecule has 0 aliphatic carbocycles. The van der Waals surface area contributed by atoms with E-state index in [1.54, 1.807) is 0 Å². The van der Waals surface area contributed by atoms with Crippen molar-refractivity contribution in [2.45, 2.75) is 12.8 Å². The van der Waals surface area contributed by atoms with Crippen LogP contribution in [0.1, 0.15) is 11.1 Å². The van der Waals surface area contributed by atoms with Crippen LogP contribution in [0.5, 0.6) is 11.5 Å². The van der Waals surface area contributed by atoms with Gasteiger partial charge in [-0.15, -0.1) is 0 Å². The third kappa shape index (κ3) is 13.0. The number of rotatable bonds is 11. The van der Waals surface area contributed by atoms with E-state index in [2.05, 4.69) is 90.8 Å². The Morgan fingerprint density at radius 3 is 1.10 bits per heavy atom. The van der Waals surface area contributed by atoms with Crippen LogP contribution >= 0.6 is 0 Å². The van der Waals surface area contributed by atoms with Crippen molar-refractivity contribution in [3.8, 4) is 11.5 Å². The van der Waals surface area contributed by atoms with Gasteiger partial charge in [0.15, 0.2) is 0 Å². The maximum absolute atomic E-state index is 5.84. The molecule has 0 N–H and O–H groups in total. The molecule has 4 nitrogen and oxygen atoms in total. The standard InChI is InChI=1S/C24H38N2O2.2HI/c1-25(2,3)17-19-27-23-13-9-21(10-14-23)7-8-22-11-15-24(16-12-22)28-20-18-26(4,5)6;;/h9-16H,7-8,17-20H2,1-6H3;2*1H/q+2;;/p-2. The lowest BCUT2D eigenvalue weighted by Gasteiger charge is -2.23. The lowest BCUT2D eigenvalue weighted by atomic mass is 10.0. The molecule has 0 unspecified atom stereocenters. The van der Waals surface area contributed by atoms with Crippen LogP contribution in [0.2, 0.25) is 0 Å². The van der Waals surface area contributed by atoms with Crippen molar-refractivity contribution >= 4 is 0 Å². The number of aryl methyl sites for hydroxylation is 2. The maximum Gasteiger partial charge on any atom is 0.137 e. The SMILES string of the molecule is C[N+](C)(C)CCOc1ccc(CCc2ccc(OCC[N+](C)(C)C)cc2)cc1.[I-].[I-]. The number of hydrogen-bond donors (Lipinski definition) is 0. The fourth-order valence-corrected chi connectivity index (χ4v) is 2.67. The van der Waals surface area contributed by atoms with E-state index in [1.165, 1.54) is 11.1 Å². The zero-order chi connectivity index (χ0) is 20.6. The van der Waals surface area contributed by atoms with Crippen molar-refractivity contribution in [2.75, 3.05) is 68.6 Å². The predicted octanol–water partition coefficient (Wildman–Crippen LogP) is -2.35. The molecule has 0 atom stereocenters. The van der Waals surface area contributed by atoms with Gasteiger partial charge in [-0.1, -0.05) is 24.3 Å². The van der Waals surface area contributed by atoms with Crippen LogP contribution in [-0.4, -0.2) is 77.6 Å². The summed E-state index contributed by atoms with van der Waals surface area (Å²) in [6, 6.07) is 17.0. The second kappa shape index (κ2) is 13.8. The quantitative estimate of drug-likeness (QED) is 0.203. The Kier molecular flexibility index (Phi) is 13.5. The van der Waals surface area contributed by atoms with Crippen molar-refractivity contribution in [2.24, 2.45) is 0 Å². The molecule has 0 saturated heterocycles. The molecule has 0 amide bonds. The zero-order valence-electron chi connectivity index (χ0n) is 19.3. The van der Waals surface area contributed by atoms with Gasteiger partial charge >= 0.3 is 0 Å². The fraction of sp³-hybridized carbons (Fsp3) is 0.500. The Bertz CT molecular complexity index is 642. The van der Waals surface area contributed by atoms with Crippen molar-refractivity contribution in [3.05, 3.63) is 59.7 Å². The molecule has 0 heterocycles. The molecule has 0 aromatic heterocycles. The summed E-state index contributed by atoms with van der Waals surface area (Å²) in [6.07, 6.45) is 2.06. The van der Waals surface area contributed by atoms with Crippen LogP contribution in [0.15, 0.2) is 48.5 Å². The van der Waals surface area contributed by atoms with Crippen LogP contribution in [-0.2, 0) is 12.8 Å². The highest BCUT2D eigenvalue weighted by Crippen LogP contribution is 2.16. The van der Waals surface area contributed by atoms with Crippen molar-refractivity contribution in [1.29, 1.82) is 0 Å². The first-order chi connectivity index (χ1) is 13.1. The number of halogens is 2. The molecule has 2 aromatic carbocycles. The summed E-state index contributed by atoms with van der Waals surface area (Å²) in [7, 11) is 13.1. The minimum atomic E-state index is 0. The second-order valence-corrected chi connectivity index (χ2v) is 9.51. The summed E-state index contributed by atoms with van der Waals surface area (Å²) >= 11 is 0. The summed E-state index contributed by atoms with van der Waals surface area (Å²) < 4.78 is 13.5. The largest absolute Gasteiger partial charge is 1.00 e. The van der Waals surface area contributed by atoms with Crippen LogP contribution in [0.3, 0.4) is 0 Å². The van der Waals surface area contributed by atoms with Gasteiger partial charge in [0, 0.05) is 0 Å². The molecule has 30 heavy (non-hydrogen) atoms. The average molecular weight is 640 g/mol. The number of quaternary nitrogens is 2. The normalized spacial score (nSPS) is 11.3. The van der Waals surface area contributed by atoms with Gasteiger partial charge in [0.2, 0.25) is 0 Å². The van der Waals surface area contributed by atoms with Gasteiger partial charge in [-0.05, 0) is 48.2 Å². The van der Waals surface area contributed by atoms with Gasteiger partial charge in [0.25, 0.3) is 0 Å². The monoisotopic (exact) mass is 640 g/mol. The van der Waals surface area contributed by atoms with E-state index in [0.29, 0.717) is 0 Å². The minimum Gasteiger partial charge on any atom is -1.00 e. The Labute approximate surface area is 217 Å². The van der Waals surface area contributed by atoms with E-state index in [4.69, 9.17) is 9.47 Å². The average Bonchev–Trinajstić information content (AvgIpc) is 2.60. The van der Waals surface area contributed by atoms with Crippen LogP contribution < -0.4 is 57.4 Å². The topological polar surface area (TPSA) is 18.5 Å². The van der Waals surface area contributed by atoms with Crippen LogP contribution in [0, 0.1) is 0 Å².